The van der Waals surface area contributed by atoms with Crippen LogP contribution >= 0.6 is 0 Å². The second kappa shape index (κ2) is 13.8. The molecule has 3 fully saturated rings. The Kier molecular flexibility index (Phi) is 9.75. The van der Waals surface area contributed by atoms with Crippen molar-refractivity contribution < 1.29 is 37.1 Å². The first-order chi connectivity index (χ1) is 25.4. The van der Waals surface area contributed by atoms with E-state index in [1.807, 2.05) is 64.1 Å². The Hall–Kier alpha value is -4.20. The fourth-order valence-corrected chi connectivity index (χ4v) is 9.42. The molecule has 0 bridgehead atoms. The molecular formula is C40H53N5O8S. The zero-order valence-electron chi connectivity index (χ0n) is 32.0. The van der Waals surface area contributed by atoms with Gasteiger partial charge in [-0.15, -0.1) is 0 Å². The van der Waals surface area contributed by atoms with E-state index in [9.17, 15) is 27.6 Å². The number of carbonyl (C=O) groups excluding carboxylic acids is 4. The molecule has 2 aliphatic carbocycles. The van der Waals surface area contributed by atoms with Gasteiger partial charge >= 0.3 is 6.09 Å². The van der Waals surface area contributed by atoms with Crippen LogP contribution in [0.5, 0.6) is 5.75 Å². The number of ether oxygens (including phenoxy) is 2. The summed E-state index contributed by atoms with van der Waals surface area (Å²) in [6.45, 7) is 9.54. The number of hydrogen-bond acceptors (Lipinski definition) is 9. The minimum atomic E-state index is -3.98. The lowest BCUT2D eigenvalue weighted by Crippen LogP contribution is -2.58. The topological polar surface area (TPSA) is 173 Å². The number of carbonyl (C=O) groups is 4. The largest absolute Gasteiger partial charge is 0.483 e. The molecule has 13 nitrogen and oxygen atoms in total. The minimum absolute atomic E-state index is 0.0696. The number of fused-ring (bicyclic) bond motifs is 5. The maximum Gasteiger partial charge on any atom is 0.407 e. The van der Waals surface area contributed by atoms with E-state index in [1.165, 1.54) is 4.90 Å². The summed E-state index contributed by atoms with van der Waals surface area (Å²) in [4.78, 5) is 62.6. The molecule has 0 unspecified atom stereocenters. The Labute approximate surface area is 317 Å². The van der Waals surface area contributed by atoms with Crippen LogP contribution in [0, 0.1) is 18.3 Å². The monoisotopic (exact) mass is 763 g/mol. The predicted molar refractivity (Wildman–Crippen MR) is 202 cm³/mol. The van der Waals surface area contributed by atoms with Gasteiger partial charge in [0.2, 0.25) is 21.8 Å². The van der Waals surface area contributed by atoms with Gasteiger partial charge in [0, 0.05) is 23.3 Å². The zero-order chi connectivity index (χ0) is 38.7. The average Bonchev–Trinajstić information content (AvgIpc) is 4.00. The number of allylic oxidation sites excluding steroid dienone is 1. The summed E-state index contributed by atoms with van der Waals surface area (Å²) in [5.41, 5.74) is -0.137. The quantitative estimate of drug-likeness (QED) is 0.364. The Bertz CT molecular complexity index is 2010. The summed E-state index contributed by atoms with van der Waals surface area (Å²) in [6, 6.07) is 5.84. The van der Waals surface area contributed by atoms with E-state index in [-0.39, 0.29) is 31.4 Å². The minimum Gasteiger partial charge on any atom is -0.483 e. The van der Waals surface area contributed by atoms with E-state index in [0.29, 0.717) is 56.4 Å². The number of nitrogens with one attached hydrogen (secondary N) is 3. The average molecular weight is 764 g/mol. The molecule has 14 heteroatoms. The second-order valence-corrected chi connectivity index (χ2v) is 19.7. The van der Waals surface area contributed by atoms with Crippen LogP contribution in [0.25, 0.3) is 10.9 Å². The molecule has 1 aromatic carbocycles. The fourth-order valence-electron chi connectivity index (χ4n) is 8.11. The van der Waals surface area contributed by atoms with Gasteiger partial charge < -0.3 is 25.0 Å². The van der Waals surface area contributed by atoms with Crippen molar-refractivity contribution in [2.75, 3.05) is 13.2 Å². The van der Waals surface area contributed by atoms with Crippen LogP contribution in [0.1, 0.15) is 103 Å². The summed E-state index contributed by atoms with van der Waals surface area (Å²) in [5.74, 6) is -1.57. The molecule has 1 spiro atoms. The standard InChI is InChI=1S/C40H53N5O8S/c1-25-32-28(27-14-11-12-15-29(27)41-25)17-18-39(53-32)22-31-33(46)43-40(35(48)44-54(50,51)38(5)19-20-38)21-26(40)13-9-7-6-8-10-16-30(34(47)45(31)23-39)42-36(49)52-24-37(2,3)4/h9,11-15,26,30-31H,6-8,10,16-24H2,1-5H3,(H,42,49)(H,43,46)(H,44,48)/b13-9-/t26-,30+,31+,39-,40-/m1/s1. The number of hydrogen-bond donors (Lipinski definition) is 3. The highest BCUT2D eigenvalue weighted by molar-refractivity contribution is 7.91. The summed E-state index contributed by atoms with van der Waals surface area (Å²) in [6.07, 6.45) is 8.84. The molecule has 54 heavy (non-hydrogen) atoms. The Morgan fingerprint density at radius 1 is 1.09 bits per heavy atom. The fraction of sp³-hybridized carbons (Fsp3) is 0.625. The lowest BCUT2D eigenvalue weighted by atomic mass is 9.87. The highest BCUT2D eigenvalue weighted by atomic mass is 32.2. The molecule has 7 rings (SSSR count). The van der Waals surface area contributed by atoms with Crippen LogP contribution < -0.4 is 20.1 Å². The van der Waals surface area contributed by atoms with Crippen molar-refractivity contribution in [2.24, 2.45) is 11.3 Å². The molecule has 1 aromatic heterocycles. The Morgan fingerprint density at radius 2 is 1.85 bits per heavy atom. The number of pyridine rings is 1. The number of alkyl carbamates (subject to hydrolysis) is 1. The van der Waals surface area contributed by atoms with Gasteiger partial charge in [0.1, 0.15) is 29.0 Å². The van der Waals surface area contributed by atoms with Gasteiger partial charge in [-0.1, -0.05) is 64.0 Å². The number of para-hydroxylation sites is 1. The maximum absolute atomic E-state index is 14.7. The zero-order valence-corrected chi connectivity index (χ0v) is 32.8. The molecular weight excluding hydrogens is 711 g/mol. The highest BCUT2D eigenvalue weighted by Gasteiger charge is 2.64. The van der Waals surface area contributed by atoms with Crippen LogP contribution in [-0.4, -0.2) is 83.2 Å². The molecule has 292 valence electrons. The predicted octanol–water partition coefficient (Wildman–Crippen LogP) is 4.74. The number of benzene rings is 1. The van der Waals surface area contributed by atoms with Crippen molar-refractivity contribution in [3.63, 3.8) is 0 Å². The molecule has 5 aliphatic rings. The first kappa shape index (κ1) is 38.1. The SMILES string of the molecule is Cc1nc2ccccc2c2c1O[C@]1(CC2)C[C@H]2C(=O)N[C@]3(C(=O)NS(=O)(=O)C4(C)CC4)C[C@H]3/C=C\CCCCC[C@H](NC(=O)OCC(C)(C)C)C(=O)N2C1. The van der Waals surface area contributed by atoms with Crippen LogP contribution in [-0.2, 0) is 35.6 Å². The van der Waals surface area contributed by atoms with E-state index >= 15 is 0 Å². The van der Waals surface area contributed by atoms with Crippen molar-refractivity contribution in [1.82, 2.24) is 25.2 Å². The smallest absolute Gasteiger partial charge is 0.407 e. The van der Waals surface area contributed by atoms with Crippen LogP contribution in [0.3, 0.4) is 0 Å². The summed E-state index contributed by atoms with van der Waals surface area (Å²) >= 11 is 0. The molecule has 4 heterocycles. The molecule has 2 aromatic rings. The third kappa shape index (κ3) is 7.42. The third-order valence-corrected chi connectivity index (χ3v) is 14.0. The van der Waals surface area contributed by atoms with E-state index in [0.717, 1.165) is 29.3 Å². The van der Waals surface area contributed by atoms with Gasteiger partial charge in [0.25, 0.3) is 5.91 Å². The highest BCUT2D eigenvalue weighted by Crippen LogP contribution is 2.49. The van der Waals surface area contributed by atoms with Gasteiger partial charge in [-0.3, -0.25) is 19.1 Å². The van der Waals surface area contributed by atoms with Crippen LogP contribution in [0.4, 0.5) is 4.79 Å². The third-order valence-electron chi connectivity index (χ3n) is 11.8. The number of sulfonamides is 1. The van der Waals surface area contributed by atoms with Crippen molar-refractivity contribution in [3.8, 4) is 5.75 Å². The normalized spacial score (nSPS) is 30.0. The van der Waals surface area contributed by atoms with Gasteiger partial charge in [-0.2, -0.15) is 0 Å². The van der Waals surface area contributed by atoms with E-state index in [1.54, 1.807) is 6.92 Å². The second-order valence-electron chi connectivity index (χ2n) is 17.5. The molecule has 2 saturated carbocycles. The first-order valence-corrected chi connectivity index (χ1v) is 20.8. The lowest BCUT2D eigenvalue weighted by molar-refractivity contribution is -0.141. The van der Waals surface area contributed by atoms with E-state index in [4.69, 9.17) is 14.5 Å². The number of rotatable bonds is 5. The Balaban J connectivity index is 1.22. The van der Waals surface area contributed by atoms with Gasteiger partial charge in [-0.25, -0.2) is 18.2 Å². The number of nitrogens with zero attached hydrogens (tertiary/aromatic N) is 2. The van der Waals surface area contributed by atoms with Crippen molar-refractivity contribution in [1.29, 1.82) is 0 Å². The molecule has 1 saturated heterocycles. The van der Waals surface area contributed by atoms with Gasteiger partial charge in [0.05, 0.1) is 29.1 Å². The molecule has 4 amide bonds. The van der Waals surface area contributed by atoms with Crippen molar-refractivity contribution >= 4 is 44.7 Å². The maximum atomic E-state index is 14.7. The van der Waals surface area contributed by atoms with Gasteiger partial charge in [0.15, 0.2) is 0 Å². The van der Waals surface area contributed by atoms with Crippen LogP contribution in [0.15, 0.2) is 36.4 Å². The molecule has 3 N–H and O–H groups in total. The van der Waals surface area contributed by atoms with Crippen molar-refractivity contribution in [3.05, 3.63) is 47.7 Å². The molecule has 5 atom stereocenters. The number of amides is 4. The number of aryl methyl sites for hydroxylation is 2. The Morgan fingerprint density at radius 3 is 2.59 bits per heavy atom. The molecule has 0 radical (unpaired) electrons. The molecule has 3 aliphatic heterocycles. The van der Waals surface area contributed by atoms with E-state index < -0.39 is 67.7 Å². The van der Waals surface area contributed by atoms with Crippen LogP contribution in [0.2, 0.25) is 0 Å². The summed E-state index contributed by atoms with van der Waals surface area (Å²) in [7, 11) is -3.98. The lowest BCUT2D eigenvalue weighted by Gasteiger charge is -2.36. The van der Waals surface area contributed by atoms with Crippen molar-refractivity contribution in [2.45, 2.75) is 133 Å². The van der Waals surface area contributed by atoms with E-state index in [2.05, 4.69) is 15.4 Å². The first-order valence-electron chi connectivity index (χ1n) is 19.3. The number of aromatic nitrogens is 1. The van der Waals surface area contributed by atoms with Gasteiger partial charge in [-0.05, 0) is 76.7 Å². The summed E-state index contributed by atoms with van der Waals surface area (Å²) < 4.78 is 40.0. The summed E-state index contributed by atoms with van der Waals surface area (Å²) in [5, 5.41) is 6.75.